The highest BCUT2D eigenvalue weighted by Crippen LogP contribution is 2.36. The van der Waals surface area contributed by atoms with Crippen LogP contribution in [-0.4, -0.2) is 44.2 Å². The Morgan fingerprint density at radius 1 is 0.829 bits per heavy atom. The molecule has 1 heterocycles. The number of amides is 3. The van der Waals surface area contributed by atoms with E-state index < -0.39 is 17.7 Å². The van der Waals surface area contributed by atoms with E-state index in [1.165, 1.54) is 21.3 Å². The summed E-state index contributed by atoms with van der Waals surface area (Å²) < 4.78 is 15.8. The minimum atomic E-state index is -0.464. The van der Waals surface area contributed by atoms with Crippen LogP contribution in [0.15, 0.2) is 60.7 Å². The Bertz CT molecular complexity index is 1300. The molecular weight excluding hydrogens is 470 g/mol. The van der Waals surface area contributed by atoms with Gasteiger partial charge in [-0.25, -0.2) is 4.90 Å². The Labute approximate surface area is 206 Å². The Hall–Kier alpha value is -4.44. The van der Waals surface area contributed by atoms with Crippen molar-refractivity contribution in [3.63, 3.8) is 0 Å². The monoisotopic (exact) mass is 491 g/mol. The van der Waals surface area contributed by atoms with Gasteiger partial charge in [-0.2, -0.15) is 0 Å². The predicted octanol–water partition coefficient (Wildman–Crippen LogP) is 3.64. The fourth-order valence-corrected chi connectivity index (χ4v) is 3.83. The van der Waals surface area contributed by atoms with E-state index in [2.05, 4.69) is 10.6 Å². The maximum Gasteiger partial charge on any atom is 0.266 e. The fraction of sp³-hybridized carbons (Fsp3) is 0.120. The first-order valence-electron chi connectivity index (χ1n) is 10.4. The van der Waals surface area contributed by atoms with Crippen LogP contribution in [0.2, 0.25) is 0 Å². The number of methoxy groups -OCH3 is 3. The van der Waals surface area contributed by atoms with E-state index in [1.807, 2.05) is 0 Å². The first kappa shape index (κ1) is 23.7. The molecule has 1 aliphatic rings. The number of benzene rings is 3. The maximum atomic E-state index is 12.8. The van der Waals surface area contributed by atoms with Gasteiger partial charge in [0.25, 0.3) is 17.7 Å². The minimum Gasteiger partial charge on any atom is -0.497 e. The van der Waals surface area contributed by atoms with Crippen molar-refractivity contribution >= 4 is 46.4 Å². The number of ether oxygens (including phenoxy) is 3. The third-order valence-electron chi connectivity index (χ3n) is 5.31. The molecule has 2 N–H and O–H groups in total. The number of hydrogen-bond donors (Lipinski definition) is 2. The molecule has 0 atom stereocenters. The van der Waals surface area contributed by atoms with E-state index in [9.17, 15) is 14.4 Å². The highest BCUT2D eigenvalue weighted by molar-refractivity contribution is 7.80. The van der Waals surface area contributed by atoms with Crippen molar-refractivity contribution in [2.75, 3.05) is 31.5 Å². The molecule has 9 nitrogen and oxygen atoms in total. The summed E-state index contributed by atoms with van der Waals surface area (Å²) in [6.45, 7) is 0. The van der Waals surface area contributed by atoms with Gasteiger partial charge in [0, 0.05) is 23.4 Å². The standard InChI is InChI=1S/C25H21N3O6S/c1-32-16-10-14(11-17(13-16)33-2)22(29)27-25(35)26-15-8-9-20(21(12-15)34-3)28-23(30)18-6-4-5-7-19(18)24(28)31/h4-13H,1-3H3,(H2,26,27,29,35). The van der Waals surface area contributed by atoms with Crippen LogP contribution < -0.4 is 29.7 Å². The molecule has 0 saturated heterocycles. The summed E-state index contributed by atoms with van der Waals surface area (Å²) in [6, 6.07) is 16.1. The number of imide groups is 1. The first-order chi connectivity index (χ1) is 16.9. The van der Waals surface area contributed by atoms with Gasteiger partial charge < -0.3 is 19.5 Å². The molecule has 0 spiro atoms. The molecule has 3 amide bonds. The topological polar surface area (TPSA) is 106 Å². The van der Waals surface area contributed by atoms with E-state index >= 15 is 0 Å². The second-order valence-electron chi connectivity index (χ2n) is 7.39. The van der Waals surface area contributed by atoms with E-state index in [-0.39, 0.29) is 10.9 Å². The van der Waals surface area contributed by atoms with E-state index in [4.69, 9.17) is 26.4 Å². The van der Waals surface area contributed by atoms with Gasteiger partial charge in [0.1, 0.15) is 17.2 Å². The molecule has 3 aromatic rings. The second-order valence-corrected chi connectivity index (χ2v) is 7.80. The summed E-state index contributed by atoms with van der Waals surface area (Å²) in [7, 11) is 4.40. The first-order valence-corrected chi connectivity index (χ1v) is 10.8. The lowest BCUT2D eigenvalue weighted by Gasteiger charge is -2.19. The molecule has 3 aromatic carbocycles. The zero-order valence-electron chi connectivity index (χ0n) is 19.1. The largest absolute Gasteiger partial charge is 0.497 e. The molecule has 0 fully saturated rings. The van der Waals surface area contributed by atoms with Gasteiger partial charge in [0.2, 0.25) is 0 Å². The fourth-order valence-electron chi connectivity index (χ4n) is 3.62. The van der Waals surface area contributed by atoms with Crippen molar-refractivity contribution in [3.05, 3.63) is 77.4 Å². The zero-order valence-corrected chi connectivity index (χ0v) is 19.9. The molecule has 0 unspecified atom stereocenters. The lowest BCUT2D eigenvalue weighted by Crippen LogP contribution is -2.34. The molecule has 0 radical (unpaired) electrons. The number of thiocarbonyl (C=S) groups is 1. The van der Waals surface area contributed by atoms with Crippen LogP contribution in [0.25, 0.3) is 0 Å². The number of hydrogen-bond acceptors (Lipinski definition) is 7. The SMILES string of the molecule is COc1cc(OC)cc(C(=O)NC(=S)Nc2ccc(N3C(=O)c4ccccc4C3=O)c(OC)c2)c1. The summed E-state index contributed by atoms with van der Waals surface area (Å²) in [5.74, 6) is -0.128. The van der Waals surface area contributed by atoms with Crippen LogP contribution in [-0.2, 0) is 0 Å². The molecule has 4 rings (SSSR count). The molecule has 1 aliphatic heterocycles. The van der Waals surface area contributed by atoms with Crippen molar-refractivity contribution in [2.24, 2.45) is 0 Å². The highest BCUT2D eigenvalue weighted by Gasteiger charge is 2.37. The normalized spacial score (nSPS) is 12.1. The number of nitrogens with one attached hydrogen (secondary N) is 2. The van der Waals surface area contributed by atoms with Crippen molar-refractivity contribution in [3.8, 4) is 17.2 Å². The molecule has 10 heteroatoms. The van der Waals surface area contributed by atoms with Crippen molar-refractivity contribution in [1.29, 1.82) is 0 Å². The second kappa shape index (κ2) is 9.82. The van der Waals surface area contributed by atoms with Gasteiger partial charge in [-0.05, 0) is 48.6 Å². The lowest BCUT2D eigenvalue weighted by atomic mass is 10.1. The number of rotatable bonds is 6. The number of anilines is 2. The van der Waals surface area contributed by atoms with Crippen LogP contribution in [0, 0.1) is 0 Å². The number of carbonyl (C=O) groups is 3. The summed E-state index contributed by atoms with van der Waals surface area (Å²) in [5, 5.41) is 5.53. The third kappa shape index (κ3) is 4.64. The summed E-state index contributed by atoms with van der Waals surface area (Å²) >= 11 is 5.27. The van der Waals surface area contributed by atoms with Gasteiger partial charge in [-0.1, -0.05) is 12.1 Å². The van der Waals surface area contributed by atoms with Crippen LogP contribution >= 0.6 is 12.2 Å². The van der Waals surface area contributed by atoms with Gasteiger partial charge in [-0.15, -0.1) is 0 Å². The number of nitrogens with zero attached hydrogens (tertiary/aromatic N) is 1. The molecular formula is C25H21N3O6S. The molecule has 0 aliphatic carbocycles. The van der Waals surface area contributed by atoms with Crippen molar-refractivity contribution in [2.45, 2.75) is 0 Å². The Balaban J connectivity index is 1.50. The lowest BCUT2D eigenvalue weighted by molar-refractivity contribution is 0.0922. The van der Waals surface area contributed by atoms with Crippen molar-refractivity contribution < 1.29 is 28.6 Å². The van der Waals surface area contributed by atoms with Crippen LogP contribution in [0.1, 0.15) is 31.1 Å². The van der Waals surface area contributed by atoms with E-state index in [0.717, 1.165) is 4.90 Å². The molecule has 0 aromatic heterocycles. The number of fused-ring (bicyclic) bond motifs is 1. The Morgan fingerprint density at radius 2 is 1.43 bits per heavy atom. The molecule has 35 heavy (non-hydrogen) atoms. The molecule has 0 bridgehead atoms. The maximum absolute atomic E-state index is 12.8. The summed E-state index contributed by atoms with van der Waals surface area (Å²) in [4.78, 5) is 39.4. The number of carbonyl (C=O) groups excluding carboxylic acids is 3. The average molecular weight is 492 g/mol. The molecule has 178 valence electrons. The minimum absolute atomic E-state index is 0.0346. The van der Waals surface area contributed by atoms with Crippen molar-refractivity contribution in [1.82, 2.24) is 5.32 Å². The van der Waals surface area contributed by atoms with Gasteiger partial charge in [0.05, 0.1) is 38.1 Å². The van der Waals surface area contributed by atoms with E-state index in [0.29, 0.717) is 39.6 Å². The average Bonchev–Trinajstić information content (AvgIpc) is 3.13. The Kier molecular flexibility index (Phi) is 6.65. The summed E-state index contributed by atoms with van der Waals surface area (Å²) in [5.41, 5.74) is 1.74. The van der Waals surface area contributed by atoms with Gasteiger partial charge >= 0.3 is 0 Å². The van der Waals surface area contributed by atoms with Gasteiger partial charge in [0.15, 0.2) is 5.11 Å². The van der Waals surface area contributed by atoms with Crippen LogP contribution in [0.5, 0.6) is 17.2 Å². The summed E-state index contributed by atoms with van der Waals surface area (Å²) in [6.07, 6.45) is 0. The third-order valence-corrected chi connectivity index (χ3v) is 5.52. The predicted molar refractivity (Wildman–Crippen MR) is 134 cm³/mol. The quantitative estimate of drug-likeness (QED) is 0.398. The smallest absolute Gasteiger partial charge is 0.266 e. The highest BCUT2D eigenvalue weighted by atomic mass is 32.1. The molecule has 0 saturated carbocycles. The van der Waals surface area contributed by atoms with Gasteiger partial charge in [-0.3, -0.25) is 19.7 Å². The van der Waals surface area contributed by atoms with E-state index in [1.54, 1.807) is 60.7 Å². The van der Waals surface area contributed by atoms with Crippen LogP contribution in [0.3, 0.4) is 0 Å². The zero-order chi connectivity index (χ0) is 25.1. The van der Waals surface area contributed by atoms with Crippen LogP contribution in [0.4, 0.5) is 11.4 Å². The Morgan fingerprint density at radius 3 is 1.97 bits per heavy atom.